The van der Waals surface area contributed by atoms with E-state index in [0.29, 0.717) is 24.4 Å². The van der Waals surface area contributed by atoms with Crippen molar-refractivity contribution in [1.82, 2.24) is 5.32 Å². The number of nitrogens with one attached hydrogen (secondary N) is 2. The van der Waals surface area contributed by atoms with Crippen LogP contribution in [0.4, 0.5) is 5.69 Å². The van der Waals surface area contributed by atoms with Gasteiger partial charge in [0.25, 0.3) is 0 Å². The minimum Gasteiger partial charge on any atom is -0.495 e. The summed E-state index contributed by atoms with van der Waals surface area (Å²) in [7, 11) is 1.55. The zero-order chi connectivity index (χ0) is 18.2. The molecule has 5 nitrogen and oxygen atoms in total. The number of methoxy groups -OCH3 is 1. The molecule has 0 aliphatic heterocycles. The molecule has 0 fully saturated rings. The molecule has 2 aromatic carbocycles. The first-order valence-corrected chi connectivity index (χ1v) is 8.25. The summed E-state index contributed by atoms with van der Waals surface area (Å²) >= 11 is 0. The van der Waals surface area contributed by atoms with Crippen molar-refractivity contribution in [1.29, 1.82) is 0 Å². The van der Waals surface area contributed by atoms with Crippen molar-refractivity contribution in [2.24, 2.45) is 0 Å². The Labute approximate surface area is 148 Å². The monoisotopic (exact) mass is 340 g/mol. The van der Waals surface area contributed by atoms with Crippen LogP contribution in [0.3, 0.4) is 0 Å². The predicted molar refractivity (Wildman–Crippen MR) is 98.6 cm³/mol. The Hall–Kier alpha value is -2.82. The molecular formula is C20H24N2O3. The van der Waals surface area contributed by atoms with Gasteiger partial charge in [-0.05, 0) is 42.2 Å². The quantitative estimate of drug-likeness (QED) is 0.813. The van der Waals surface area contributed by atoms with Gasteiger partial charge in [-0.1, -0.05) is 30.3 Å². The molecule has 2 aromatic rings. The number of aryl methyl sites for hydroxylation is 2. The Morgan fingerprint density at radius 1 is 1.12 bits per heavy atom. The predicted octanol–water partition coefficient (Wildman–Crippen LogP) is 3.21. The Balaban J connectivity index is 1.91. The first-order valence-electron chi connectivity index (χ1n) is 8.25. The lowest BCUT2D eigenvalue weighted by Crippen LogP contribution is -2.23. The molecule has 5 heteroatoms. The number of anilines is 1. The van der Waals surface area contributed by atoms with E-state index in [2.05, 4.69) is 10.6 Å². The third-order valence-corrected chi connectivity index (χ3v) is 3.95. The normalized spacial score (nSPS) is 10.2. The van der Waals surface area contributed by atoms with Gasteiger partial charge in [0.15, 0.2) is 0 Å². The van der Waals surface area contributed by atoms with Crippen molar-refractivity contribution >= 4 is 17.5 Å². The maximum Gasteiger partial charge on any atom is 0.221 e. The summed E-state index contributed by atoms with van der Waals surface area (Å²) in [6.07, 6.45) is 1.16. The van der Waals surface area contributed by atoms with Crippen LogP contribution in [-0.4, -0.2) is 18.9 Å². The fourth-order valence-electron chi connectivity index (χ4n) is 2.58. The zero-order valence-electron chi connectivity index (χ0n) is 14.9. The molecule has 25 heavy (non-hydrogen) atoms. The number of ether oxygens (including phenoxy) is 1. The SMILES string of the molecule is COc1ccc(CNC(=O)CCc2ccccc2C)cc1NC(C)=O. The first kappa shape index (κ1) is 18.5. The van der Waals surface area contributed by atoms with Crippen molar-refractivity contribution in [2.45, 2.75) is 33.2 Å². The van der Waals surface area contributed by atoms with Gasteiger partial charge in [-0.15, -0.1) is 0 Å². The van der Waals surface area contributed by atoms with Crippen LogP contribution in [-0.2, 0) is 22.6 Å². The smallest absolute Gasteiger partial charge is 0.221 e. The van der Waals surface area contributed by atoms with Gasteiger partial charge in [-0.2, -0.15) is 0 Å². The van der Waals surface area contributed by atoms with E-state index in [9.17, 15) is 9.59 Å². The number of hydrogen-bond donors (Lipinski definition) is 2. The molecule has 2 rings (SSSR count). The Morgan fingerprint density at radius 2 is 1.88 bits per heavy atom. The lowest BCUT2D eigenvalue weighted by atomic mass is 10.0. The topological polar surface area (TPSA) is 67.4 Å². The van der Waals surface area contributed by atoms with E-state index in [4.69, 9.17) is 4.74 Å². The fraction of sp³-hybridized carbons (Fsp3) is 0.300. The van der Waals surface area contributed by atoms with Crippen LogP contribution in [0.5, 0.6) is 5.75 Å². The fourth-order valence-corrected chi connectivity index (χ4v) is 2.58. The van der Waals surface area contributed by atoms with Crippen LogP contribution in [0.15, 0.2) is 42.5 Å². The van der Waals surface area contributed by atoms with E-state index in [0.717, 1.165) is 12.0 Å². The number of benzene rings is 2. The highest BCUT2D eigenvalue weighted by Crippen LogP contribution is 2.25. The van der Waals surface area contributed by atoms with Crippen molar-refractivity contribution in [3.63, 3.8) is 0 Å². The summed E-state index contributed by atoms with van der Waals surface area (Å²) in [5.74, 6) is 0.419. The molecule has 2 N–H and O–H groups in total. The third-order valence-electron chi connectivity index (χ3n) is 3.95. The van der Waals surface area contributed by atoms with Crippen LogP contribution >= 0.6 is 0 Å². The van der Waals surface area contributed by atoms with Gasteiger partial charge in [0.1, 0.15) is 5.75 Å². The maximum atomic E-state index is 12.1. The van der Waals surface area contributed by atoms with Gasteiger partial charge >= 0.3 is 0 Å². The van der Waals surface area contributed by atoms with Crippen LogP contribution in [0.25, 0.3) is 0 Å². The van der Waals surface area contributed by atoms with Crippen LogP contribution < -0.4 is 15.4 Å². The second-order valence-corrected chi connectivity index (χ2v) is 5.92. The Morgan fingerprint density at radius 3 is 2.56 bits per heavy atom. The van der Waals surface area contributed by atoms with E-state index in [1.54, 1.807) is 13.2 Å². The molecule has 0 spiro atoms. The van der Waals surface area contributed by atoms with Gasteiger partial charge in [0.05, 0.1) is 12.8 Å². The van der Waals surface area contributed by atoms with E-state index in [1.807, 2.05) is 43.3 Å². The summed E-state index contributed by atoms with van der Waals surface area (Å²) in [6, 6.07) is 13.5. The van der Waals surface area contributed by atoms with E-state index in [-0.39, 0.29) is 11.8 Å². The number of carbonyl (C=O) groups excluding carboxylic acids is 2. The lowest BCUT2D eigenvalue weighted by Gasteiger charge is -2.12. The second kappa shape index (κ2) is 8.87. The Kier molecular flexibility index (Phi) is 6.57. The van der Waals surface area contributed by atoms with Crippen molar-refractivity contribution in [2.75, 3.05) is 12.4 Å². The highest BCUT2D eigenvalue weighted by Gasteiger charge is 2.08. The summed E-state index contributed by atoms with van der Waals surface area (Å²) in [4.78, 5) is 23.4. The molecule has 0 aliphatic carbocycles. The largest absolute Gasteiger partial charge is 0.495 e. The summed E-state index contributed by atoms with van der Waals surface area (Å²) < 4.78 is 5.22. The number of hydrogen-bond acceptors (Lipinski definition) is 3. The lowest BCUT2D eigenvalue weighted by molar-refractivity contribution is -0.121. The van der Waals surface area contributed by atoms with Gasteiger partial charge in [0.2, 0.25) is 11.8 Å². The Bertz CT molecular complexity index is 756. The summed E-state index contributed by atoms with van der Waals surface area (Å²) in [6.45, 7) is 3.90. The van der Waals surface area contributed by atoms with Crippen LogP contribution in [0.1, 0.15) is 30.0 Å². The number of amides is 2. The molecule has 0 bridgehead atoms. The average Bonchev–Trinajstić information content (AvgIpc) is 2.59. The molecule has 0 aromatic heterocycles. The van der Waals surface area contributed by atoms with Crippen molar-refractivity contribution in [3.8, 4) is 5.75 Å². The highest BCUT2D eigenvalue weighted by molar-refractivity contribution is 5.90. The number of carbonyl (C=O) groups is 2. The summed E-state index contributed by atoms with van der Waals surface area (Å²) in [5.41, 5.74) is 3.89. The van der Waals surface area contributed by atoms with E-state index < -0.39 is 0 Å². The number of rotatable bonds is 7. The van der Waals surface area contributed by atoms with Crippen LogP contribution in [0.2, 0.25) is 0 Å². The molecule has 0 atom stereocenters. The molecule has 0 radical (unpaired) electrons. The molecule has 0 saturated carbocycles. The molecule has 0 aliphatic rings. The summed E-state index contributed by atoms with van der Waals surface area (Å²) in [5, 5.41) is 5.64. The molecular weight excluding hydrogens is 316 g/mol. The van der Waals surface area contributed by atoms with E-state index >= 15 is 0 Å². The van der Waals surface area contributed by atoms with E-state index in [1.165, 1.54) is 18.1 Å². The van der Waals surface area contributed by atoms with Gasteiger partial charge in [-0.25, -0.2) is 0 Å². The van der Waals surface area contributed by atoms with Gasteiger partial charge in [-0.3, -0.25) is 9.59 Å². The minimum atomic E-state index is -0.169. The molecule has 2 amide bonds. The minimum absolute atomic E-state index is 0.000137. The third kappa shape index (κ3) is 5.64. The molecule has 0 heterocycles. The molecule has 0 saturated heterocycles. The van der Waals surface area contributed by atoms with Crippen molar-refractivity contribution in [3.05, 3.63) is 59.2 Å². The highest BCUT2D eigenvalue weighted by atomic mass is 16.5. The van der Waals surface area contributed by atoms with Crippen LogP contribution in [0, 0.1) is 6.92 Å². The first-order chi connectivity index (χ1) is 12.0. The average molecular weight is 340 g/mol. The van der Waals surface area contributed by atoms with Gasteiger partial charge < -0.3 is 15.4 Å². The molecule has 132 valence electrons. The standard InChI is InChI=1S/C20H24N2O3/c1-14-6-4-5-7-17(14)9-11-20(24)21-13-16-8-10-19(25-3)18(12-16)22-15(2)23/h4-8,10,12H,9,11,13H2,1-3H3,(H,21,24)(H,22,23). The maximum absolute atomic E-state index is 12.1. The van der Waals surface area contributed by atoms with Crippen molar-refractivity contribution < 1.29 is 14.3 Å². The van der Waals surface area contributed by atoms with Gasteiger partial charge in [0, 0.05) is 19.9 Å². The molecule has 0 unspecified atom stereocenters. The zero-order valence-corrected chi connectivity index (χ0v) is 14.9. The second-order valence-electron chi connectivity index (χ2n) is 5.92.